The molecule has 5 heteroatoms. The molecule has 0 amide bonds. The van der Waals surface area contributed by atoms with Gasteiger partial charge in [-0.2, -0.15) is 0 Å². The molecule has 0 spiro atoms. The normalized spacial score (nSPS) is 26.0. The van der Waals surface area contributed by atoms with Crippen molar-refractivity contribution in [2.24, 2.45) is 0 Å². The summed E-state index contributed by atoms with van der Waals surface area (Å²) in [4.78, 5) is 0. The SMILES string of the molecule is N=C1CC[C@@H](C(O)NCCF)OC1. The first kappa shape index (κ1) is 10.6. The molecular weight excluding hydrogens is 175 g/mol. The Bertz CT molecular complexity index is 168. The lowest BCUT2D eigenvalue weighted by Gasteiger charge is -2.27. The molecule has 0 aromatic carbocycles. The highest BCUT2D eigenvalue weighted by atomic mass is 19.1. The Balaban J connectivity index is 2.23. The zero-order valence-electron chi connectivity index (χ0n) is 7.42. The topological polar surface area (TPSA) is 65.3 Å². The highest BCUT2D eigenvalue weighted by Crippen LogP contribution is 2.12. The quantitative estimate of drug-likeness (QED) is 0.549. The molecule has 1 fully saturated rings. The van der Waals surface area contributed by atoms with Crippen molar-refractivity contribution in [3.63, 3.8) is 0 Å². The van der Waals surface area contributed by atoms with Gasteiger partial charge in [0, 0.05) is 12.3 Å². The van der Waals surface area contributed by atoms with Crippen LogP contribution in [0.2, 0.25) is 0 Å². The summed E-state index contributed by atoms with van der Waals surface area (Å²) >= 11 is 0. The van der Waals surface area contributed by atoms with Crippen LogP contribution >= 0.6 is 0 Å². The highest BCUT2D eigenvalue weighted by Gasteiger charge is 2.23. The van der Waals surface area contributed by atoms with Crippen LogP contribution in [0.25, 0.3) is 0 Å². The fourth-order valence-corrected chi connectivity index (χ4v) is 1.26. The molecule has 0 aromatic heterocycles. The van der Waals surface area contributed by atoms with Crippen LogP contribution in [0.15, 0.2) is 0 Å². The molecule has 13 heavy (non-hydrogen) atoms. The molecule has 1 rings (SSSR count). The number of ether oxygens (including phenoxy) is 1. The molecule has 0 aliphatic carbocycles. The van der Waals surface area contributed by atoms with E-state index in [-0.39, 0.29) is 19.3 Å². The summed E-state index contributed by atoms with van der Waals surface area (Å²) in [6, 6.07) is 0. The monoisotopic (exact) mass is 190 g/mol. The van der Waals surface area contributed by atoms with Crippen LogP contribution in [0.3, 0.4) is 0 Å². The number of halogens is 1. The van der Waals surface area contributed by atoms with Gasteiger partial charge in [-0.3, -0.25) is 5.32 Å². The van der Waals surface area contributed by atoms with Crippen LogP contribution < -0.4 is 5.32 Å². The number of alkyl halides is 1. The average molecular weight is 190 g/mol. The predicted molar refractivity (Wildman–Crippen MR) is 46.7 cm³/mol. The van der Waals surface area contributed by atoms with Gasteiger partial charge < -0.3 is 15.3 Å². The summed E-state index contributed by atoms with van der Waals surface area (Å²) in [5.41, 5.74) is 0.550. The van der Waals surface area contributed by atoms with Crippen molar-refractivity contribution in [2.75, 3.05) is 19.8 Å². The minimum atomic E-state index is -0.816. The van der Waals surface area contributed by atoms with Gasteiger partial charge in [-0.05, 0) is 12.8 Å². The third-order valence-corrected chi connectivity index (χ3v) is 2.00. The summed E-state index contributed by atoms with van der Waals surface area (Å²) in [7, 11) is 0. The third kappa shape index (κ3) is 3.38. The Morgan fingerprint density at radius 3 is 3.08 bits per heavy atom. The third-order valence-electron chi connectivity index (χ3n) is 2.00. The number of hydrogen-bond donors (Lipinski definition) is 3. The molecule has 1 heterocycles. The van der Waals surface area contributed by atoms with Gasteiger partial charge in [0.2, 0.25) is 0 Å². The molecular formula is C8H15FN2O2. The fourth-order valence-electron chi connectivity index (χ4n) is 1.26. The van der Waals surface area contributed by atoms with Crippen LogP contribution in [0.4, 0.5) is 4.39 Å². The fraction of sp³-hybridized carbons (Fsp3) is 0.875. The largest absolute Gasteiger partial charge is 0.376 e. The molecule has 1 aliphatic rings. The average Bonchev–Trinajstić information content (AvgIpc) is 2.15. The maximum absolute atomic E-state index is 11.7. The van der Waals surface area contributed by atoms with E-state index in [4.69, 9.17) is 10.1 Å². The van der Waals surface area contributed by atoms with E-state index < -0.39 is 12.9 Å². The maximum atomic E-state index is 11.7. The van der Waals surface area contributed by atoms with Crippen LogP contribution in [0.5, 0.6) is 0 Å². The Hall–Kier alpha value is -0.520. The molecule has 0 bridgehead atoms. The van der Waals surface area contributed by atoms with Gasteiger partial charge in [0.25, 0.3) is 0 Å². The van der Waals surface area contributed by atoms with Crippen molar-refractivity contribution in [1.29, 1.82) is 5.41 Å². The highest BCUT2D eigenvalue weighted by molar-refractivity contribution is 5.83. The van der Waals surface area contributed by atoms with E-state index in [2.05, 4.69) is 5.32 Å². The lowest BCUT2D eigenvalue weighted by atomic mass is 10.1. The summed E-state index contributed by atoms with van der Waals surface area (Å²) in [6.45, 7) is -0.0862. The zero-order valence-corrected chi connectivity index (χ0v) is 7.42. The molecule has 0 radical (unpaired) electrons. The van der Waals surface area contributed by atoms with E-state index in [0.717, 1.165) is 0 Å². The van der Waals surface area contributed by atoms with Crippen LogP contribution in [0.1, 0.15) is 12.8 Å². The maximum Gasteiger partial charge on any atom is 0.131 e. The van der Waals surface area contributed by atoms with E-state index in [1.54, 1.807) is 0 Å². The Morgan fingerprint density at radius 1 is 1.77 bits per heavy atom. The van der Waals surface area contributed by atoms with Crippen molar-refractivity contribution < 1.29 is 14.2 Å². The van der Waals surface area contributed by atoms with Crippen LogP contribution in [-0.2, 0) is 4.74 Å². The second-order valence-electron chi connectivity index (χ2n) is 3.08. The van der Waals surface area contributed by atoms with E-state index in [1.165, 1.54) is 0 Å². The molecule has 0 aromatic rings. The van der Waals surface area contributed by atoms with E-state index in [9.17, 15) is 9.50 Å². The summed E-state index contributed by atoms with van der Waals surface area (Å²) < 4.78 is 16.9. The molecule has 3 N–H and O–H groups in total. The van der Waals surface area contributed by atoms with Gasteiger partial charge in [0.15, 0.2) is 0 Å². The summed E-state index contributed by atoms with van der Waals surface area (Å²) in [5, 5.41) is 19.3. The molecule has 76 valence electrons. The number of aliphatic hydroxyl groups is 1. The number of aliphatic hydroxyl groups excluding tert-OH is 1. The van der Waals surface area contributed by atoms with Gasteiger partial charge >= 0.3 is 0 Å². The van der Waals surface area contributed by atoms with Crippen LogP contribution in [0, 0.1) is 5.41 Å². The molecule has 0 saturated carbocycles. The second kappa shape index (κ2) is 5.26. The van der Waals surface area contributed by atoms with E-state index >= 15 is 0 Å². The van der Waals surface area contributed by atoms with Crippen molar-refractivity contribution in [3.8, 4) is 0 Å². The van der Waals surface area contributed by atoms with Crippen molar-refractivity contribution >= 4 is 5.71 Å². The minimum absolute atomic E-state index is 0.137. The van der Waals surface area contributed by atoms with Gasteiger partial charge in [0.05, 0.1) is 12.7 Å². The van der Waals surface area contributed by atoms with Gasteiger partial charge in [0.1, 0.15) is 12.9 Å². The summed E-state index contributed by atoms with van der Waals surface area (Å²) in [5.74, 6) is 0. The molecule has 1 aliphatic heterocycles. The lowest BCUT2D eigenvalue weighted by Crippen LogP contribution is -2.44. The molecule has 1 saturated heterocycles. The molecule has 1 unspecified atom stereocenters. The Morgan fingerprint density at radius 2 is 2.54 bits per heavy atom. The first-order chi connectivity index (χ1) is 6.24. The lowest BCUT2D eigenvalue weighted by molar-refractivity contribution is -0.0497. The molecule has 2 atom stereocenters. The Kier molecular flexibility index (Phi) is 4.27. The Labute approximate surface area is 76.6 Å². The number of hydrogen-bond acceptors (Lipinski definition) is 4. The molecule has 4 nitrogen and oxygen atoms in total. The number of nitrogens with one attached hydrogen (secondary N) is 2. The predicted octanol–water partition coefficient (Wildman–Crippen LogP) is 0.0627. The van der Waals surface area contributed by atoms with Gasteiger partial charge in [-0.25, -0.2) is 4.39 Å². The standard InChI is InChI=1S/C8H15FN2O2/c9-3-4-11-8(12)7-2-1-6(10)5-13-7/h7-8,10-12H,1-5H2/t7-,8?/m0/s1. The smallest absolute Gasteiger partial charge is 0.131 e. The van der Waals surface area contributed by atoms with E-state index in [0.29, 0.717) is 18.6 Å². The summed E-state index contributed by atoms with van der Waals surface area (Å²) in [6.07, 6.45) is 0.155. The van der Waals surface area contributed by atoms with Gasteiger partial charge in [-0.15, -0.1) is 0 Å². The second-order valence-corrected chi connectivity index (χ2v) is 3.08. The first-order valence-electron chi connectivity index (χ1n) is 4.39. The zero-order chi connectivity index (χ0) is 9.68. The van der Waals surface area contributed by atoms with Crippen molar-refractivity contribution in [2.45, 2.75) is 25.2 Å². The van der Waals surface area contributed by atoms with Crippen molar-refractivity contribution in [3.05, 3.63) is 0 Å². The first-order valence-corrected chi connectivity index (χ1v) is 4.39. The number of rotatable bonds is 4. The van der Waals surface area contributed by atoms with E-state index in [1.807, 2.05) is 0 Å². The van der Waals surface area contributed by atoms with Crippen LogP contribution in [-0.4, -0.2) is 43.0 Å². The minimum Gasteiger partial charge on any atom is -0.376 e. The van der Waals surface area contributed by atoms with Gasteiger partial charge in [-0.1, -0.05) is 0 Å². The van der Waals surface area contributed by atoms with Crippen molar-refractivity contribution in [1.82, 2.24) is 5.32 Å².